The van der Waals surface area contributed by atoms with Gasteiger partial charge >= 0.3 is 6.09 Å². The maximum atomic E-state index is 8.78. The van der Waals surface area contributed by atoms with E-state index in [0.29, 0.717) is 0 Å². The van der Waals surface area contributed by atoms with E-state index in [-0.39, 0.29) is 27.0 Å². The van der Waals surface area contributed by atoms with Gasteiger partial charge in [0.2, 0.25) is 0 Å². The maximum absolute atomic E-state index is 8.78. The second-order valence-electron chi connectivity index (χ2n) is 0.338. The van der Waals surface area contributed by atoms with Crippen LogP contribution in [-0.4, -0.2) is 11.2 Å². The van der Waals surface area contributed by atoms with Crippen LogP contribution in [0.4, 0.5) is 4.79 Å². The van der Waals surface area contributed by atoms with E-state index in [1.165, 1.54) is 0 Å². The smallest absolute Gasteiger partial charge is 0.402 e. The summed E-state index contributed by atoms with van der Waals surface area (Å²) in [4.78, 5) is 8.78. The van der Waals surface area contributed by atoms with Gasteiger partial charge in [-0.15, -0.1) is 0 Å². The summed E-state index contributed by atoms with van der Waals surface area (Å²) in [6, 6.07) is 0. The van der Waals surface area contributed by atoms with Crippen LogP contribution in [0.5, 0.6) is 0 Å². The van der Waals surface area contributed by atoms with Crippen LogP contribution in [0.15, 0.2) is 0 Å². The Morgan fingerprint density at radius 2 is 1.50 bits per heavy atom. The Morgan fingerprint density at radius 3 is 1.50 bits per heavy atom. The Morgan fingerprint density at radius 1 is 1.50 bits per heavy atom. The molecule has 0 aliphatic heterocycles. The maximum Gasteiger partial charge on any atom is 0.402 e. The minimum Gasteiger partial charge on any atom is -0.465 e. The van der Waals surface area contributed by atoms with Gasteiger partial charge in [0.25, 0.3) is 0 Å². The van der Waals surface area contributed by atoms with Gasteiger partial charge in [-0.25, -0.2) is 4.79 Å². The first kappa shape index (κ1) is 16.7. The molecule has 1 amide bonds. The van der Waals surface area contributed by atoms with Gasteiger partial charge in [0, 0.05) is 0 Å². The zero-order valence-corrected chi connectivity index (χ0v) is 4.93. The average Bonchev–Trinajstić information content (AvgIpc) is 0.811. The molecule has 0 aliphatic carbocycles. The van der Waals surface area contributed by atoms with Crippen LogP contribution >= 0.6 is 27.0 Å². The summed E-state index contributed by atoms with van der Waals surface area (Å²) in [5, 5.41) is 7.19. The SMILES string of the molecule is NC(=O)O.S.S. The number of hydrogen-bond acceptors (Lipinski definition) is 1. The molecule has 0 radical (unpaired) electrons. The molecule has 0 fully saturated rings. The van der Waals surface area contributed by atoms with Gasteiger partial charge < -0.3 is 10.8 Å². The number of primary amides is 1. The molecule has 0 rings (SSSR count). The molecule has 0 aliphatic rings. The topological polar surface area (TPSA) is 63.3 Å². The zero-order valence-electron chi connectivity index (χ0n) is 2.93. The van der Waals surface area contributed by atoms with Crippen molar-refractivity contribution >= 4 is 33.1 Å². The van der Waals surface area contributed by atoms with Gasteiger partial charge in [-0.05, 0) is 0 Å². The highest BCUT2D eigenvalue weighted by atomic mass is 32.1. The second-order valence-corrected chi connectivity index (χ2v) is 0.338. The molecule has 3 nitrogen and oxygen atoms in total. The number of nitrogens with two attached hydrogens (primary N) is 1. The van der Waals surface area contributed by atoms with Crippen molar-refractivity contribution in [1.82, 2.24) is 0 Å². The van der Waals surface area contributed by atoms with Gasteiger partial charge in [-0.3, -0.25) is 0 Å². The molecule has 5 heteroatoms. The number of rotatable bonds is 0. The molecular formula is CH7NO2S2. The molecule has 0 aromatic heterocycles. The monoisotopic (exact) mass is 129 g/mol. The van der Waals surface area contributed by atoms with Crippen molar-refractivity contribution in [2.45, 2.75) is 0 Å². The van der Waals surface area contributed by atoms with E-state index in [0.717, 1.165) is 0 Å². The summed E-state index contributed by atoms with van der Waals surface area (Å²) in [7, 11) is 0. The van der Waals surface area contributed by atoms with Crippen LogP contribution in [-0.2, 0) is 0 Å². The molecule has 0 atom stereocenters. The highest BCUT2D eigenvalue weighted by Crippen LogP contribution is 1.34. The molecule has 0 heterocycles. The van der Waals surface area contributed by atoms with E-state index in [1.807, 2.05) is 0 Å². The predicted octanol–water partition coefficient (Wildman–Crippen LogP) is -0.151. The normalized spacial score (nSPS) is 4.00. The Kier molecular flexibility index (Phi) is 24.7. The fourth-order valence-electron chi connectivity index (χ4n) is 0. The lowest BCUT2D eigenvalue weighted by Crippen LogP contribution is -2.03. The van der Waals surface area contributed by atoms with E-state index in [9.17, 15) is 0 Å². The van der Waals surface area contributed by atoms with Crippen molar-refractivity contribution < 1.29 is 9.90 Å². The van der Waals surface area contributed by atoms with Crippen molar-refractivity contribution in [3.05, 3.63) is 0 Å². The molecule has 6 heavy (non-hydrogen) atoms. The minimum atomic E-state index is -1.33. The van der Waals surface area contributed by atoms with Crippen LogP contribution < -0.4 is 5.73 Å². The van der Waals surface area contributed by atoms with Crippen molar-refractivity contribution in [2.75, 3.05) is 0 Å². The standard InChI is InChI=1S/CH3NO2.2H2S/c2-1(3)4;;/h2H2,(H,3,4);2*1H2. The summed E-state index contributed by atoms with van der Waals surface area (Å²) in [5.41, 5.74) is 4.03. The van der Waals surface area contributed by atoms with Crippen molar-refractivity contribution in [1.29, 1.82) is 0 Å². The Bertz CT molecular complexity index is 34.5. The van der Waals surface area contributed by atoms with E-state index >= 15 is 0 Å². The highest BCUT2D eigenvalue weighted by Gasteiger charge is 1.65. The van der Waals surface area contributed by atoms with Crippen molar-refractivity contribution in [2.24, 2.45) is 5.73 Å². The van der Waals surface area contributed by atoms with E-state index < -0.39 is 6.09 Å². The molecule has 0 aromatic carbocycles. The second kappa shape index (κ2) is 8.88. The lowest BCUT2D eigenvalue weighted by molar-refractivity contribution is 0.205. The molecule has 0 saturated heterocycles. The molecule has 0 aromatic rings. The average molecular weight is 129 g/mol. The fraction of sp³-hybridized carbons (Fsp3) is 0. The fourth-order valence-corrected chi connectivity index (χ4v) is 0. The summed E-state index contributed by atoms with van der Waals surface area (Å²) in [6.45, 7) is 0. The summed E-state index contributed by atoms with van der Waals surface area (Å²) in [6.07, 6.45) is -1.33. The zero-order chi connectivity index (χ0) is 3.58. The molecule has 3 N–H and O–H groups in total. The lowest BCUT2D eigenvalue weighted by atomic mass is 11.3. The highest BCUT2D eigenvalue weighted by molar-refractivity contribution is 7.59. The van der Waals surface area contributed by atoms with Crippen LogP contribution in [0.1, 0.15) is 0 Å². The Balaban J connectivity index is -0.0000000450. The third kappa shape index (κ3) is 38900. The minimum absolute atomic E-state index is 0. The number of hydrogen-bond donors (Lipinski definition) is 2. The van der Waals surface area contributed by atoms with E-state index in [4.69, 9.17) is 9.90 Å². The van der Waals surface area contributed by atoms with Gasteiger partial charge in [0.15, 0.2) is 0 Å². The first-order valence-electron chi connectivity index (χ1n) is 0.716. The quantitative estimate of drug-likeness (QED) is 0.477. The molecule has 0 unspecified atom stereocenters. The van der Waals surface area contributed by atoms with Crippen molar-refractivity contribution in [3.63, 3.8) is 0 Å². The molecular weight excluding hydrogens is 122 g/mol. The van der Waals surface area contributed by atoms with Crippen LogP contribution in [0.25, 0.3) is 0 Å². The Labute approximate surface area is 49.4 Å². The van der Waals surface area contributed by atoms with Crippen LogP contribution in [0.2, 0.25) is 0 Å². The molecule has 0 saturated carbocycles. The first-order chi connectivity index (χ1) is 1.73. The van der Waals surface area contributed by atoms with Gasteiger partial charge in [0.1, 0.15) is 0 Å². The summed E-state index contributed by atoms with van der Waals surface area (Å²) >= 11 is 0. The van der Waals surface area contributed by atoms with Gasteiger partial charge in [0.05, 0.1) is 0 Å². The molecule has 0 spiro atoms. The third-order valence-electron chi connectivity index (χ3n) is 0. The third-order valence-corrected chi connectivity index (χ3v) is 0. The van der Waals surface area contributed by atoms with Crippen LogP contribution in [0.3, 0.4) is 0 Å². The predicted molar refractivity (Wildman–Crippen MR) is 33.0 cm³/mol. The lowest BCUT2D eigenvalue weighted by Gasteiger charge is -1.61. The van der Waals surface area contributed by atoms with E-state index in [1.54, 1.807) is 0 Å². The largest absolute Gasteiger partial charge is 0.465 e. The van der Waals surface area contributed by atoms with Gasteiger partial charge in [-0.1, -0.05) is 0 Å². The molecule has 0 bridgehead atoms. The summed E-state index contributed by atoms with van der Waals surface area (Å²) in [5.74, 6) is 0. The number of amides is 1. The first-order valence-corrected chi connectivity index (χ1v) is 0.716. The van der Waals surface area contributed by atoms with E-state index in [2.05, 4.69) is 5.73 Å². The molecule has 40 valence electrons. The van der Waals surface area contributed by atoms with Gasteiger partial charge in [-0.2, -0.15) is 27.0 Å². The van der Waals surface area contributed by atoms with Crippen molar-refractivity contribution in [3.8, 4) is 0 Å². The summed E-state index contributed by atoms with van der Waals surface area (Å²) < 4.78 is 0. The Hall–Kier alpha value is -0.0300. The number of carbonyl (C=O) groups is 1. The number of carboxylic acid groups (broad SMARTS) is 1. The van der Waals surface area contributed by atoms with Crippen LogP contribution in [0, 0.1) is 0 Å².